The summed E-state index contributed by atoms with van der Waals surface area (Å²) in [5.41, 5.74) is 5.57. The molecule has 0 spiro atoms. The van der Waals surface area contributed by atoms with E-state index in [1.807, 2.05) is 18.5 Å². The molecule has 2 N–H and O–H groups in total. The third-order valence-corrected chi connectivity index (χ3v) is 3.13. The van der Waals surface area contributed by atoms with Crippen LogP contribution in [0, 0.1) is 0 Å². The summed E-state index contributed by atoms with van der Waals surface area (Å²) in [7, 11) is 0. The van der Waals surface area contributed by atoms with E-state index in [9.17, 15) is 0 Å². The molecule has 0 amide bonds. The lowest BCUT2D eigenvalue weighted by Crippen LogP contribution is -2.17. The van der Waals surface area contributed by atoms with Crippen molar-refractivity contribution in [1.29, 1.82) is 0 Å². The molecule has 2 nitrogen and oxygen atoms in total. The van der Waals surface area contributed by atoms with Gasteiger partial charge in [-0.25, -0.2) is 4.98 Å². The molecular formula is C6H10N2S2. The Morgan fingerprint density at radius 1 is 1.90 bits per heavy atom. The van der Waals surface area contributed by atoms with Crippen molar-refractivity contribution in [2.45, 2.75) is 17.3 Å². The third-order valence-electron chi connectivity index (χ3n) is 0.879. The third kappa shape index (κ3) is 2.68. The van der Waals surface area contributed by atoms with Gasteiger partial charge >= 0.3 is 0 Å². The maximum absolute atomic E-state index is 5.57. The van der Waals surface area contributed by atoms with E-state index in [1.54, 1.807) is 23.1 Å². The van der Waals surface area contributed by atoms with E-state index in [0.29, 0.717) is 0 Å². The molecular weight excluding hydrogens is 164 g/mol. The summed E-state index contributed by atoms with van der Waals surface area (Å²) >= 11 is 3.38. The van der Waals surface area contributed by atoms with Crippen LogP contribution in [0.15, 0.2) is 15.9 Å². The SMILES string of the molecule is CC(N)CSc1nccs1. The Morgan fingerprint density at radius 2 is 2.70 bits per heavy atom. The van der Waals surface area contributed by atoms with Crippen molar-refractivity contribution in [2.75, 3.05) is 5.75 Å². The fraction of sp³-hybridized carbons (Fsp3) is 0.500. The van der Waals surface area contributed by atoms with Gasteiger partial charge < -0.3 is 5.73 Å². The summed E-state index contributed by atoms with van der Waals surface area (Å²) < 4.78 is 1.11. The smallest absolute Gasteiger partial charge is 0.149 e. The van der Waals surface area contributed by atoms with E-state index in [-0.39, 0.29) is 6.04 Å². The van der Waals surface area contributed by atoms with Crippen molar-refractivity contribution in [1.82, 2.24) is 4.98 Å². The molecule has 0 saturated carbocycles. The highest BCUT2D eigenvalue weighted by molar-refractivity contribution is 8.01. The first-order chi connectivity index (χ1) is 4.79. The lowest BCUT2D eigenvalue weighted by molar-refractivity contribution is 0.847. The lowest BCUT2D eigenvalue weighted by Gasteiger charge is -1.99. The van der Waals surface area contributed by atoms with Crippen LogP contribution < -0.4 is 5.73 Å². The molecule has 4 heteroatoms. The average molecular weight is 174 g/mol. The van der Waals surface area contributed by atoms with E-state index in [0.717, 1.165) is 10.1 Å². The Hall–Kier alpha value is -0.0600. The van der Waals surface area contributed by atoms with Gasteiger partial charge in [-0.2, -0.15) is 0 Å². The van der Waals surface area contributed by atoms with Crippen LogP contribution in [0.3, 0.4) is 0 Å². The van der Waals surface area contributed by atoms with Gasteiger partial charge in [0.25, 0.3) is 0 Å². The fourth-order valence-electron chi connectivity index (χ4n) is 0.484. The molecule has 1 aromatic heterocycles. The Morgan fingerprint density at radius 3 is 3.20 bits per heavy atom. The second-order valence-electron chi connectivity index (χ2n) is 2.09. The first-order valence-corrected chi connectivity index (χ1v) is 4.93. The number of thioether (sulfide) groups is 1. The highest BCUT2D eigenvalue weighted by Gasteiger charge is 1.97. The molecule has 1 rings (SSSR count). The maximum atomic E-state index is 5.57. The zero-order chi connectivity index (χ0) is 7.40. The first-order valence-electron chi connectivity index (χ1n) is 3.07. The number of rotatable bonds is 3. The molecule has 1 heterocycles. The van der Waals surface area contributed by atoms with E-state index >= 15 is 0 Å². The van der Waals surface area contributed by atoms with Gasteiger partial charge in [0.15, 0.2) is 0 Å². The van der Waals surface area contributed by atoms with Crippen molar-refractivity contribution in [2.24, 2.45) is 5.73 Å². The lowest BCUT2D eigenvalue weighted by atomic mass is 10.4. The second-order valence-corrected chi connectivity index (χ2v) is 4.25. The Bertz CT molecular complexity index is 172. The number of nitrogens with two attached hydrogens (primary N) is 1. The van der Waals surface area contributed by atoms with Crippen LogP contribution in [-0.2, 0) is 0 Å². The number of hydrogen-bond donors (Lipinski definition) is 1. The second kappa shape index (κ2) is 3.95. The van der Waals surface area contributed by atoms with Crippen molar-refractivity contribution >= 4 is 23.1 Å². The molecule has 1 unspecified atom stereocenters. The normalized spacial score (nSPS) is 13.4. The summed E-state index contributed by atoms with van der Waals surface area (Å²) in [6.45, 7) is 2.00. The quantitative estimate of drug-likeness (QED) is 0.707. The molecule has 1 atom stereocenters. The van der Waals surface area contributed by atoms with Crippen molar-refractivity contribution in [3.8, 4) is 0 Å². The summed E-state index contributed by atoms with van der Waals surface area (Å²) in [5, 5.41) is 1.98. The first kappa shape index (κ1) is 8.04. The number of aromatic nitrogens is 1. The molecule has 0 radical (unpaired) electrons. The summed E-state index contributed by atoms with van der Waals surface area (Å²) in [6, 6.07) is 0.258. The molecule has 0 aliphatic carbocycles. The molecule has 56 valence electrons. The van der Waals surface area contributed by atoms with Gasteiger partial charge in [0, 0.05) is 23.4 Å². The van der Waals surface area contributed by atoms with Crippen molar-refractivity contribution in [3.05, 3.63) is 11.6 Å². The van der Waals surface area contributed by atoms with Gasteiger partial charge in [0.1, 0.15) is 4.34 Å². The summed E-state index contributed by atoms with van der Waals surface area (Å²) in [6.07, 6.45) is 1.81. The predicted octanol–water partition coefficient (Wildman–Crippen LogP) is 1.58. The molecule has 0 saturated heterocycles. The van der Waals surface area contributed by atoms with Crippen LogP contribution in [0.25, 0.3) is 0 Å². The topological polar surface area (TPSA) is 38.9 Å². The minimum Gasteiger partial charge on any atom is -0.327 e. The molecule has 0 bridgehead atoms. The van der Waals surface area contributed by atoms with Gasteiger partial charge in [0.05, 0.1) is 0 Å². The van der Waals surface area contributed by atoms with Crippen molar-refractivity contribution in [3.63, 3.8) is 0 Å². The largest absolute Gasteiger partial charge is 0.327 e. The van der Waals surface area contributed by atoms with Gasteiger partial charge in [0.2, 0.25) is 0 Å². The van der Waals surface area contributed by atoms with Gasteiger partial charge in [-0.1, -0.05) is 11.8 Å². The highest BCUT2D eigenvalue weighted by Crippen LogP contribution is 2.19. The van der Waals surface area contributed by atoms with E-state index in [1.165, 1.54) is 0 Å². The monoisotopic (exact) mass is 174 g/mol. The van der Waals surface area contributed by atoms with Crippen molar-refractivity contribution < 1.29 is 0 Å². The Kier molecular flexibility index (Phi) is 3.18. The van der Waals surface area contributed by atoms with E-state index in [2.05, 4.69) is 4.98 Å². The van der Waals surface area contributed by atoms with Crippen LogP contribution in [0.1, 0.15) is 6.92 Å². The average Bonchev–Trinajstić information content (AvgIpc) is 2.34. The van der Waals surface area contributed by atoms with Gasteiger partial charge in [-0.3, -0.25) is 0 Å². The van der Waals surface area contributed by atoms with Crippen LogP contribution in [-0.4, -0.2) is 16.8 Å². The fourth-order valence-corrected chi connectivity index (χ4v) is 2.03. The predicted molar refractivity (Wildman–Crippen MR) is 46.5 cm³/mol. The molecule has 1 aromatic rings. The highest BCUT2D eigenvalue weighted by atomic mass is 32.2. The van der Waals surface area contributed by atoms with Crippen LogP contribution in [0.5, 0.6) is 0 Å². The molecule has 0 aliphatic heterocycles. The summed E-state index contributed by atoms with van der Waals surface area (Å²) in [5.74, 6) is 0.952. The molecule has 0 fully saturated rings. The number of nitrogens with zero attached hydrogens (tertiary/aromatic N) is 1. The molecule has 0 aromatic carbocycles. The molecule has 10 heavy (non-hydrogen) atoms. The number of hydrogen-bond acceptors (Lipinski definition) is 4. The van der Waals surface area contributed by atoms with Gasteiger partial charge in [-0.05, 0) is 6.92 Å². The Labute approximate surface area is 68.8 Å². The number of thiazole rings is 1. The van der Waals surface area contributed by atoms with Gasteiger partial charge in [-0.15, -0.1) is 11.3 Å². The maximum Gasteiger partial charge on any atom is 0.149 e. The van der Waals surface area contributed by atoms with Crippen LogP contribution in [0.2, 0.25) is 0 Å². The zero-order valence-corrected chi connectivity index (χ0v) is 7.41. The van der Waals surface area contributed by atoms with E-state index in [4.69, 9.17) is 5.73 Å². The minimum atomic E-state index is 0.258. The summed E-state index contributed by atoms with van der Waals surface area (Å²) in [4.78, 5) is 4.11. The van der Waals surface area contributed by atoms with Crippen LogP contribution >= 0.6 is 23.1 Å². The van der Waals surface area contributed by atoms with Crippen LogP contribution in [0.4, 0.5) is 0 Å². The zero-order valence-electron chi connectivity index (χ0n) is 5.78. The minimum absolute atomic E-state index is 0.258. The Balaban J connectivity index is 2.28. The standard InChI is InChI=1S/C6H10N2S2/c1-5(7)4-10-6-8-2-3-9-6/h2-3,5H,4,7H2,1H3. The van der Waals surface area contributed by atoms with E-state index < -0.39 is 0 Å². The molecule has 0 aliphatic rings.